The SMILES string of the molecule is C=CC/C=C(/C)CO. The molecule has 1 N–H and O–H groups in total. The monoisotopic (exact) mass is 112 g/mol. The van der Waals surface area contributed by atoms with E-state index in [1.165, 1.54) is 0 Å². The summed E-state index contributed by atoms with van der Waals surface area (Å²) >= 11 is 0. The molecule has 0 rings (SSSR count). The van der Waals surface area contributed by atoms with Gasteiger partial charge in [0.1, 0.15) is 0 Å². The maximum absolute atomic E-state index is 8.46. The average molecular weight is 112 g/mol. The normalized spacial score (nSPS) is 11.5. The van der Waals surface area contributed by atoms with E-state index in [9.17, 15) is 0 Å². The van der Waals surface area contributed by atoms with Crippen molar-refractivity contribution in [2.24, 2.45) is 0 Å². The molecule has 0 radical (unpaired) electrons. The van der Waals surface area contributed by atoms with Gasteiger partial charge < -0.3 is 5.11 Å². The summed E-state index contributed by atoms with van der Waals surface area (Å²) in [4.78, 5) is 0. The molecule has 0 unspecified atom stereocenters. The molecular weight excluding hydrogens is 100 g/mol. The third-order valence-electron chi connectivity index (χ3n) is 0.882. The highest BCUT2D eigenvalue weighted by atomic mass is 16.3. The van der Waals surface area contributed by atoms with Crippen molar-refractivity contribution in [1.82, 2.24) is 0 Å². The van der Waals surface area contributed by atoms with Gasteiger partial charge in [-0.1, -0.05) is 17.7 Å². The Morgan fingerprint density at radius 1 is 1.75 bits per heavy atom. The molecule has 1 nitrogen and oxygen atoms in total. The molecule has 8 heavy (non-hydrogen) atoms. The van der Waals surface area contributed by atoms with Gasteiger partial charge in [-0.3, -0.25) is 0 Å². The van der Waals surface area contributed by atoms with Gasteiger partial charge in [0.2, 0.25) is 0 Å². The van der Waals surface area contributed by atoms with E-state index in [0.717, 1.165) is 12.0 Å². The smallest absolute Gasteiger partial charge is 0.0639 e. The minimum atomic E-state index is 0.161. The summed E-state index contributed by atoms with van der Waals surface area (Å²) in [7, 11) is 0. The molecule has 0 bridgehead atoms. The number of aliphatic hydroxyl groups is 1. The molecule has 0 aromatic heterocycles. The van der Waals surface area contributed by atoms with Gasteiger partial charge in [0, 0.05) is 0 Å². The van der Waals surface area contributed by atoms with Crippen molar-refractivity contribution in [2.45, 2.75) is 13.3 Å². The topological polar surface area (TPSA) is 20.2 Å². The second kappa shape index (κ2) is 4.60. The van der Waals surface area contributed by atoms with Crippen LogP contribution in [-0.4, -0.2) is 11.7 Å². The maximum atomic E-state index is 8.46. The predicted octanol–water partition coefficient (Wildman–Crippen LogP) is 1.50. The molecular formula is C7H12O. The summed E-state index contributed by atoms with van der Waals surface area (Å²) in [5.74, 6) is 0. The molecule has 0 spiro atoms. The Labute approximate surface area is 50.3 Å². The standard InChI is InChI=1S/C7H12O/c1-3-4-5-7(2)6-8/h3,5,8H,1,4,6H2,2H3/b7-5-. The lowest BCUT2D eigenvalue weighted by atomic mass is 10.2. The Balaban J connectivity index is 3.40. The minimum absolute atomic E-state index is 0.161. The van der Waals surface area contributed by atoms with Crippen LogP contribution in [0.4, 0.5) is 0 Å². The van der Waals surface area contributed by atoms with Crippen LogP contribution in [0.25, 0.3) is 0 Å². The van der Waals surface area contributed by atoms with Crippen LogP contribution < -0.4 is 0 Å². The van der Waals surface area contributed by atoms with Crippen molar-refractivity contribution in [3.63, 3.8) is 0 Å². The fourth-order valence-electron chi connectivity index (χ4n) is 0.349. The zero-order valence-corrected chi connectivity index (χ0v) is 5.22. The Morgan fingerprint density at radius 2 is 2.38 bits per heavy atom. The first-order valence-electron chi connectivity index (χ1n) is 2.68. The van der Waals surface area contributed by atoms with Crippen LogP contribution in [0.5, 0.6) is 0 Å². The average Bonchev–Trinajstić information content (AvgIpc) is 1.83. The first kappa shape index (κ1) is 7.44. The van der Waals surface area contributed by atoms with Crippen LogP contribution in [0.15, 0.2) is 24.3 Å². The van der Waals surface area contributed by atoms with Gasteiger partial charge in [-0.15, -0.1) is 6.58 Å². The number of aliphatic hydroxyl groups excluding tert-OH is 1. The first-order valence-corrected chi connectivity index (χ1v) is 2.68. The highest BCUT2D eigenvalue weighted by Crippen LogP contribution is 1.92. The van der Waals surface area contributed by atoms with Gasteiger partial charge in [-0.25, -0.2) is 0 Å². The lowest BCUT2D eigenvalue weighted by molar-refractivity contribution is 0.331. The van der Waals surface area contributed by atoms with E-state index in [2.05, 4.69) is 6.58 Å². The van der Waals surface area contributed by atoms with Crippen molar-refractivity contribution < 1.29 is 5.11 Å². The number of hydrogen-bond donors (Lipinski definition) is 1. The van der Waals surface area contributed by atoms with Crippen LogP contribution >= 0.6 is 0 Å². The van der Waals surface area contributed by atoms with E-state index in [0.29, 0.717) is 0 Å². The molecule has 0 atom stereocenters. The molecule has 0 aliphatic carbocycles. The van der Waals surface area contributed by atoms with Crippen LogP contribution in [-0.2, 0) is 0 Å². The predicted molar refractivity (Wildman–Crippen MR) is 35.7 cm³/mol. The Kier molecular flexibility index (Phi) is 4.27. The zero-order valence-electron chi connectivity index (χ0n) is 5.22. The Morgan fingerprint density at radius 3 is 2.75 bits per heavy atom. The minimum Gasteiger partial charge on any atom is -0.392 e. The molecule has 0 amide bonds. The van der Waals surface area contributed by atoms with Crippen LogP contribution in [0.1, 0.15) is 13.3 Å². The quantitative estimate of drug-likeness (QED) is 0.548. The zero-order chi connectivity index (χ0) is 6.41. The van der Waals surface area contributed by atoms with Gasteiger partial charge in [-0.05, 0) is 13.3 Å². The van der Waals surface area contributed by atoms with Crippen LogP contribution in [0.3, 0.4) is 0 Å². The summed E-state index contributed by atoms with van der Waals surface area (Å²) in [5.41, 5.74) is 1.00. The summed E-state index contributed by atoms with van der Waals surface area (Å²) in [6.07, 6.45) is 4.61. The molecule has 0 saturated carbocycles. The van der Waals surface area contributed by atoms with Crippen molar-refractivity contribution in [2.75, 3.05) is 6.61 Å². The van der Waals surface area contributed by atoms with E-state index < -0.39 is 0 Å². The van der Waals surface area contributed by atoms with Crippen molar-refractivity contribution in [1.29, 1.82) is 0 Å². The second-order valence-electron chi connectivity index (χ2n) is 1.73. The first-order chi connectivity index (χ1) is 3.81. The summed E-state index contributed by atoms with van der Waals surface area (Å²) < 4.78 is 0. The molecule has 0 saturated heterocycles. The highest BCUT2D eigenvalue weighted by molar-refractivity contribution is 5.00. The van der Waals surface area contributed by atoms with E-state index in [1.807, 2.05) is 13.0 Å². The van der Waals surface area contributed by atoms with E-state index >= 15 is 0 Å². The summed E-state index contributed by atoms with van der Waals surface area (Å²) in [6.45, 7) is 5.59. The van der Waals surface area contributed by atoms with Crippen LogP contribution in [0.2, 0.25) is 0 Å². The summed E-state index contributed by atoms with van der Waals surface area (Å²) in [5, 5.41) is 8.46. The number of hydrogen-bond acceptors (Lipinski definition) is 1. The fraction of sp³-hybridized carbons (Fsp3) is 0.429. The molecule has 0 aliphatic rings. The van der Waals surface area contributed by atoms with Gasteiger partial charge in [0.05, 0.1) is 6.61 Å². The third-order valence-corrected chi connectivity index (χ3v) is 0.882. The highest BCUT2D eigenvalue weighted by Gasteiger charge is 1.79. The van der Waals surface area contributed by atoms with Gasteiger partial charge in [0.25, 0.3) is 0 Å². The molecule has 0 fully saturated rings. The maximum Gasteiger partial charge on any atom is 0.0639 e. The fourth-order valence-corrected chi connectivity index (χ4v) is 0.349. The van der Waals surface area contributed by atoms with Crippen LogP contribution in [0, 0.1) is 0 Å². The van der Waals surface area contributed by atoms with E-state index in [1.54, 1.807) is 6.08 Å². The van der Waals surface area contributed by atoms with Gasteiger partial charge in [0.15, 0.2) is 0 Å². The number of rotatable bonds is 3. The second-order valence-corrected chi connectivity index (χ2v) is 1.73. The number of allylic oxidation sites excluding steroid dienone is 2. The summed E-state index contributed by atoms with van der Waals surface area (Å²) in [6, 6.07) is 0. The van der Waals surface area contributed by atoms with E-state index in [-0.39, 0.29) is 6.61 Å². The molecule has 0 aromatic rings. The largest absolute Gasteiger partial charge is 0.392 e. The lowest BCUT2D eigenvalue weighted by Gasteiger charge is -1.88. The third kappa shape index (κ3) is 3.62. The van der Waals surface area contributed by atoms with Crippen molar-refractivity contribution >= 4 is 0 Å². The van der Waals surface area contributed by atoms with Crippen molar-refractivity contribution in [3.05, 3.63) is 24.3 Å². The van der Waals surface area contributed by atoms with Gasteiger partial charge in [-0.2, -0.15) is 0 Å². The van der Waals surface area contributed by atoms with Crippen molar-refractivity contribution in [3.8, 4) is 0 Å². The molecule has 46 valence electrons. The Hall–Kier alpha value is -0.560. The van der Waals surface area contributed by atoms with E-state index in [4.69, 9.17) is 5.11 Å². The molecule has 0 aromatic carbocycles. The molecule has 0 aliphatic heterocycles. The lowest BCUT2D eigenvalue weighted by Crippen LogP contribution is -1.81. The van der Waals surface area contributed by atoms with Gasteiger partial charge >= 0.3 is 0 Å². The molecule has 1 heteroatoms. The molecule has 0 heterocycles. The Bertz CT molecular complexity index is 92.6.